The fourth-order valence-corrected chi connectivity index (χ4v) is 4.79. The van der Waals surface area contributed by atoms with Gasteiger partial charge in [0.15, 0.2) is 5.82 Å². The number of carbonyl (C=O) groups is 1. The Morgan fingerprint density at radius 1 is 1.14 bits per heavy atom. The third-order valence-corrected chi connectivity index (χ3v) is 6.91. The first-order chi connectivity index (χ1) is 17.8. The van der Waals surface area contributed by atoms with Crippen LogP contribution in [0.25, 0.3) is 22.3 Å². The number of amides is 1. The van der Waals surface area contributed by atoms with Crippen LogP contribution >= 0.6 is 0 Å². The largest absolute Gasteiger partial charge is 0.405 e. The smallest absolute Gasteiger partial charge is 0.335 e. The van der Waals surface area contributed by atoms with Crippen molar-refractivity contribution in [2.45, 2.75) is 31.0 Å². The number of hydrogen-bond donors (Lipinski definition) is 3. The van der Waals surface area contributed by atoms with Crippen LogP contribution in [0.4, 0.5) is 24.8 Å². The van der Waals surface area contributed by atoms with Crippen LogP contribution in [0.3, 0.4) is 0 Å². The van der Waals surface area contributed by atoms with Gasteiger partial charge >= 0.3 is 6.18 Å². The third kappa shape index (κ3) is 4.52. The van der Waals surface area contributed by atoms with E-state index in [1.165, 1.54) is 10.5 Å². The number of anilines is 2. The van der Waals surface area contributed by atoms with Crippen LogP contribution in [0.2, 0.25) is 0 Å². The highest BCUT2D eigenvalue weighted by atomic mass is 19.4. The summed E-state index contributed by atoms with van der Waals surface area (Å²) in [5.41, 5.74) is 4.20. The predicted molar refractivity (Wildman–Crippen MR) is 132 cm³/mol. The van der Waals surface area contributed by atoms with Crippen molar-refractivity contribution < 1.29 is 18.0 Å². The maximum Gasteiger partial charge on any atom is 0.405 e. The van der Waals surface area contributed by atoms with Crippen molar-refractivity contribution in [3.8, 4) is 11.4 Å². The van der Waals surface area contributed by atoms with Gasteiger partial charge in [0.1, 0.15) is 6.04 Å². The number of hydrogen-bond acceptors (Lipinski definition) is 6. The monoisotopic (exact) mass is 510 g/mol. The van der Waals surface area contributed by atoms with Crippen LogP contribution < -0.4 is 10.6 Å². The van der Waals surface area contributed by atoms with E-state index in [-0.39, 0.29) is 13.1 Å². The van der Waals surface area contributed by atoms with Gasteiger partial charge in [-0.25, -0.2) is 4.68 Å². The SMILES string of the molecule is Cn1nc(-c2ccc(C(=O)N3CCNC(C(F)(F)F)C3)cc2)nc1Nc1ccc2[nH]ncc2c1C1CC1. The molecule has 1 amide bonds. The minimum atomic E-state index is -4.40. The van der Waals surface area contributed by atoms with Crippen molar-refractivity contribution in [3.63, 3.8) is 0 Å². The lowest BCUT2D eigenvalue weighted by atomic mass is 10.0. The van der Waals surface area contributed by atoms with E-state index in [0.29, 0.717) is 28.8 Å². The number of aromatic nitrogens is 5. The van der Waals surface area contributed by atoms with Gasteiger partial charge in [-0.15, -0.1) is 5.10 Å². The summed E-state index contributed by atoms with van der Waals surface area (Å²) in [6, 6.07) is 8.91. The number of nitrogens with zero attached hydrogens (tertiary/aromatic N) is 5. The van der Waals surface area contributed by atoms with Gasteiger partial charge in [-0.05, 0) is 48.6 Å². The van der Waals surface area contributed by atoms with E-state index in [1.54, 1.807) is 36.0 Å². The van der Waals surface area contributed by atoms with E-state index in [0.717, 1.165) is 29.4 Å². The molecule has 1 atom stereocenters. The molecular weight excluding hydrogens is 485 g/mol. The second-order valence-corrected chi connectivity index (χ2v) is 9.52. The number of piperazine rings is 1. The van der Waals surface area contributed by atoms with Crippen molar-refractivity contribution in [2.24, 2.45) is 7.05 Å². The average molecular weight is 511 g/mol. The molecule has 4 aromatic rings. The molecule has 1 saturated heterocycles. The minimum absolute atomic E-state index is 0.0949. The van der Waals surface area contributed by atoms with E-state index in [1.807, 2.05) is 18.3 Å². The van der Waals surface area contributed by atoms with Crippen LogP contribution in [0.15, 0.2) is 42.6 Å². The number of benzene rings is 2. The Hall–Kier alpha value is -3.93. The summed E-state index contributed by atoms with van der Waals surface area (Å²) < 4.78 is 40.9. The number of aromatic amines is 1. The average Bonchev–Trinajstić information content (AvgIpc) is 3.50. The molecule has 9 nitrogen and oxygen atoms in total. The Morgan fingerprint density at radius 3 is 2.65 bits per heavy atom. The van der Waals surface area contributed by atoms with Gasteiger partial charge in [-0.2, -0.15) is 23.3 Å². The van der Waals surface area contributed by atoms with Crippen LogP contribution in [-0.2, 0) is 7.05 Å². The van der Waals surface area contributed by atoms with Crippen molar-refractivity contribution in [1.29, 1.82) is 0 Å². The van der Waals surface area contributed by atoms with Gasteiger partial charge < -0.3 is 15.5 Å². The van der Waals surface area contributed by atoms with Gasteiger partial charge in [0.05, 0.1) is 11.7 Å². The van der Waals surface area contributed by atoms with E-state index in [2.05, 4.69) is 30.9 Å². The second kappa shape index (κ2) is 8.87. The Labute approximate surface area is 210 Å². The zero-order valence-corrected chi connectivity index (χ0v) is 20.0. The number of fused-ring (bicyclic) bond motifs is 1. The van der Waals surface area contributed by atoms with Gasteiger partial charge in [0, 0.05) is 48.9 Å². The van der Waals surface area contributed by atoms with Gasteiger partial charge in [0.25, 0.3) is 5.91 Å². The minimum Gasteiger partial charge on any atom is -0.335 e. The van der Waals surface area contributed by atoms with E-state index in [9.17, 15) is 18.0 Å². The number of H-pyrrole nitrogens is 1. The van der Waals surface area contributed by atoms with E-state index >= 15 is 0 Å². The van der Waals surface area contributed by atoms with Crippen LogP contribution in [0.1, 0.15) is 34.7 Å². The first-order valence-corrected chi connectivity index (χ1v) is 12.1. The summed E-state index contributed by atoms with van der Waals surface area (Å²) in [4.78, 5) is 18.7. The molecular formula is C25H25F3N8O. The van der Waals surface area contributed by atoms with Gasteiger partial charge in [0.2, 0.25) is 5.95 Å². The molecule has 3 heterocycles. The van der Waals surface area contributed by atoms with Gasteiger partial charge in [-0.1, -0.05) is 12.1 Å². The molecule has 2 aromatic heterocycles. The predicted octanol–water partition coefficient (Wildman–Crippen LogP) is 3.96. The quantitative estimate of drug-likeness (QED) is 0.376. The molecule has 2 fully saturated rings. The first kappa shape index (κ1) is 23.5. The molecule has 12 heteroatoms. The molecule has 1 aliphatic carbocycles. The molecule has 2 aromatic carbocycles. The summed E-state index contributed by atoms with van der Waals surface area (Å²) >= 11 is 0. The van der Waals surface area contributed by atoms with E-state index < -0.39 is 24.7 Å². The van der Waals surface area contributed by atoms with Crippen LogP contribution in [0.5, 0.6) is 0 Å². The molecule has 3 N–H and O–H groups in total. The second-order valence-electron chi connectivity index (χ2n) is 9.52. The van der Waals surface area contributed by atoms with Crippen molar-refractivity contribution in [1.82, 2.24) is 35.2 Å². The third-order valence-electron chi connectivity index (χ3n) is 6.91. The molecule has 0 spiro atoms. The Balaban J connectivity index is 1.20. The molecule has 1 unspecified atom stereocenters. The molecule has 2 aliphatic rings. The fourth-order valence-electron chi connectivity index (χ4n) is 4.79. The maximum absolute atomic E-state index is 13.1. The normalized spacial score (nSPS) is 18.4. The number of nitrogens with one attached hydrogen (secondary N) is 3. The Kier molecular flexibility index (Phi) is 5.63. The Morgan fingerprint density at radius 2 is 1.92 bits per heavy atom. The van der Waals surface area contributed by atoms with E-state index in [4.69, 9.17) is 0 Å². The molecule has 192 valence electrons. The van der Waals surface area contributed by atoms with Gasteiger partial charge in [-0.3, -0.25) is 9.89 Å². The highest BCUT2D eigenvalue weighted by Crippen LogP contribution is 2.47. The lowest BCUT2D eigenvalue weighted by Crippen LogP contribution is -2.58. The molecule has 37 heavy (non-hydrogen) atoms. The summed E-state index contributed by atoms with van der Waals surface area (Å²) in [6.45, 7) is -0.0938. The lowest BCUT2D eigenvalue weighted by molar-refractivity contribution is -0.162. The molecule has 1 aliphatic heterocycles. The maximum atomic E-state index is 13.1. The fraction of sp³-hybridized carbons (Fsp3) is 0.360. The van der Waals surface area contributed by atoms with Crippen molar-refractivity contribution in [2.75, 3.05) is 25.0 Å². The summed E-state index contributed by atoms with van der Waals surface area (Å²) in [7, 11) is 1.80. The summed E-state index contributed by atoms with van der Waals surface area (Å²) in [5.74, 6) is 1.10. The first-order valence-electron chi connectivity index (χ1n) is 12.1. The number of rotatable bonds is 5. The standard InChI is InChI=1S/C25H25F3N8O/c1-35-24(31-19-9-8-18-17(12-30-33-18)21(19)14-2-3-14)32-22(34-35)15-4-6-16(7-5-15)23(37)36-11-10-29-20(13-36)25(26,27)28/h4-9,12,14,20,29H,2-3,10-11,13H2,1H3,(H,30,33)(H,31,32,34). The lowest BCUT2D eigenvalue weighted by Gasteiger charge is -2.34. The Bertz CT molecular complexity index is 1460. The molecule has 6 rings (SSSR count). The molecule has 0 radical (unpaired) electrons. The van der Waals surface area contributed by atoms with Crippen molar-refractivity contribution >= 4 is 28.4 Å². The zero-order valence-electron chi connectivity index (χ0n) is 20.0. The van der Waals surface area contributed by atoms with Crippen LogP contribution in [0, 0.1) is 0 Å². The van der Waals surface area contributed by atoms with Crippen molar-refractivity contribution in [3.05, 3.63) is 53.7 Å². The molecule has 0 bridgehead atoms. The zero-order chi connectivity index (χ0) is 25.7. The topological polar surface area (TPSA) is 104 Å². The summed E-state index contributed by atoms with van der Waals surface area (Å²) in [5, 5.41) is 18.7. The molecule has 1 saturated carbocycles. The number of carbonyl (C=O) groups excluding carboxylic acids is 1. The van der Waals surface area contributed by atoms with Crippen LogP contribution in [-0.4, -0.2) is 67.6 Å². The number of alkyl halides is 3. The summed E-state index contributed by atoms with van der Waals surface area (Å²) in [6.07, 6.45) is -0.274. The highest BCUT2D eigenvalue weighted by Gasteiger charge is 2.43. The highest BCUT2D eigenvalue weighted by molar-refractivity contribution is 5.94. The number of aryl methyl sites for hydroxylation is 1. The number of halogens is 3.